The van der Waals surface area contributed by atoms with Crippen molar-refractivity contribution >= 4 is 0 Å². The molecule has 0 amide bonds. The number of benzene rings is 1. The van der Waals surface area contributed by atoms with Gasteiger partial charge in [0.25, 0.3) is 0 Å². The van der Waals surface area contributed by atoms with Crippen molar-refractivity contribution in [3.05, 3.63) is 59.9 Å². The van der Waals surface area contributed by atoms with Crippen molar-refractivity contribution in [1.29, 1.82) is 0 Å². The van der Waals surface area contributed by atoms with E-state index >= 15 is 0 Å². The number of hydrogen-bond acceptors (Lipinski definition) is 2. The fourth-order valence-corrected chi connectivity index (χ4v) is 11.8. The minimum atomic E-state index is -0.165. The number of ether oxygens (including phenoxy) is 1. The molecule has 8 unspecified atom stereocenters. The van der Waals surface area contributed by atoms with Gasteiger partial charge in [-0.2, -0.15) is 0 Å². The van der Waals surface area contributed by atoms with Crippen LogP contribution in [0.15, 0.2) is 54.3 Å². The van der Waals surface area contributed by atoms with Crippen LogP contribution in [0.5, 0.6) is 0 Å². The average Bonchev–Trinajstić information content (AvgIpc) is 2.92. The fourth-order valence-electron chi connectivity index (χ4n) is 11.8. The van der Waals surface area contributed by atoms with Crippen LogP contribution in [0.3, 0.4) is 0 Å². The topological polar surface area (TPSA) is 29.5 Å². The lowest BCUT2D eigenvalue weighted by atomic mass is 9.33. The van der Waals surface area contributed by atoms with Crippen molar-refractivity contribution in [2.75, 3.05) is 0 Å². The van der Waals surface area contributed by atoms with Crippen LogP contribution in [0.25, 0.3) is 0 Å². The van der Waals surface area contributed by atoms with Crippen LogP contribution in [0, 0.1) is 56.7 Å². The van der Waals surface area contributed by atoms with E-state index in [9.17, 15) is 5.11 Å². The molecule has 5 aliphatic carbocycles. The molecule has 220 valence electrons. The summed E-state index contributed by atoms with van der Waals surface area (Å²) in [7, 11) is 0. The maximum absolute atomic E-state index is 11.0. The van der Waals surface area contributed by atoms with Crippen molar-refractivity contribution in [1.82, 2.24) is 0 Å². The Bertz CT molecular complexity index is 1170. The molecule has 4 fully saturated rings. The Balaban J connectivity index is 1.37. The molecular formula is C38H56O2. The van der Waals surface area contributed by atoms with Crippen LogP contribution in [-0.4, -0.2) is 11.2 Å². The van der Waals surface area contributed by atoms with E-state index < -0.39 is 0 Å². The SMILES string of the molecule is C=C(OCc1ccccc1)C12CC[C@@H](C)C(C)C1C1=CCC3C4(C)CCC(O)C(C)(C)C4CCC3(C)[C@]1(C)CC2. The number of aliphatic hydroxyl groups is 1. The van der Waals surface area contributed by atoms with E-state index in [0.717, 1.165) is 18.1 Å². The van der Waals surface area contributed by atoms with Crippen molar-refractivity contribution < 1.29 is 9.84 Å². The second-order valence-electron chi connectivity index (χ2n) is 16.4. The van der Waals surface area contributed by atoms with E-state index in [2.05, 4.69) is 84.9 Å². The smallest absolute Gasteiger partial charge is 0.113 e. The van der Waals surface area contributed by atoms with Crippen molar-refractivity contribution in [2.45, 2.75) is 119 Å². The van der Waals surface area contributed by atoms with Gasteiger partial charge in [-0.3, -0.25) is 0 Å². The molecule has 0 saturated heterocycles. The minimum Gasteiger partial charge on any atom is -0.493 e. The van der Waals surface area contributed by atoms with Gasteiger partial charge in [0.05, 0.1) is 11.9 Å². The molecule has 1 aromatic carbocycles. The van der Waals surface area contributed by atoms with Crippen LogP contribution >= 0.6 is 0 Å². The van der Waals surface area contributed by atoms with Gasteiger partial charge in [-0.05, 0) is 115 Å². The first-order chi connectivity index (χ1) is 18.8. The van der Waals surface area contributed by atoms with Gasteiger partial charge in [0.2, 0.25) is 0 Å². The van der Waals surface area contributed by atoms with Gasteiger partial charge >= 0.3 is 0 Å². The fraction of sp³-hybridized carbons (Fsp3) is 0.737. The number of fused-ring (bicyclic) bond motifs is 7. The largest absolute Gasteiger partial charge is 0.493 e. The highest BCUT2D eigenvalue weighted by atomic mass is 16.5. The lowest BCUT2D eigenvalue weighted by molar-refractivity contribution is -0.204. The van der Waals surface area contributed by atoms with Gasteiger partial charge in [-0.15, -0.1) is 0 Å². The second kappa shape index (κ2) is 9.48. The molecule has 5 aliphatic rings. The molecule has 4 saturated carbocycles. The second-order valence-corrected chi connectivity index (χ2v) is 16.4. The van der Waals surface area contributed by atoms with Gasteiger partial charge in [0.15, 0.2) is 0 Å². The lowest BCUT2D eigenvalue weighted by Crippen LogP contribution is -2.65. The maximum Gasteiger partial charge on any atom is 0.113 e. The molecule has 2 heteroatoms. The highest BCUT2D eigenvalue weighted by Gasteiger charge is 2.69. The quantitative estimate of drug-likeness (QED) is 0.302. The number of hydrogen-bond donors (Lipinski definition) is 1. The Hall–Kier alpha value is -1.54. The van der Waals surface area contributed by atoms with Gasteiger partial charge < -0.3 is 9.84 Å². The molecule has 0 bridgehead atoms. The predicted octanol–water partition coefficient (Wildman–Crippen LogP) is 9.74. The Morgan fingerprint density at radius 2 is 1.62 bits per heavy atom. The molecule has 1 N–H and O–H groups in total. The number of rotatable bonds is 4. The standard InChI is InChI=1S/C38H56O2/c1-25-16-21-38(27(3)40-24-28-12-10-9-11-13-28)23-22-36(7)29(33(38)26(25)2)14-15-31-35(6)19-18-32(39)34(4,5)30(35)17-20-37(31,36)8/h9-14,25-26,30-33,39H,3,15-24H2,1-2,4-8H3/t25-,26?,30?,31?,32?,33?,35?,36-,37?,38?/m1/s1. The summed E-state index contributed by atoms with van der Waals surface area (Å²) in [6, 6.07) is 10.6. The van der Waals surface area contributed by atoms with Crippen LogP contribution in [0.4, 0.5) is 0 Å². The molecule has 40 heavy (non-hydrogen) atoms. The molecular weight excluding hydrogens is 488 g/mol. The molecule has 2 nitrogen and oxygen atoms in total. The highest BCUT2D eigenvalue weighted by molar-refractivity contribution is 5.36. The summed E-state index contributed by atoms with van der Waals surface area (Å²) in [5.74, 6) is 4.21. The first kappa shape index (κ1) is 28.6. The average molecular weight is 545 g/mol. The third-order valence-electron chi connectivity index (χ3n) is 14.8. The predicted molar refractivity (Wildman–Crippen MR) is 165 cm³/mol. The first-order valence-corrected chi connectivity index (χ1v) is 16.6. The summed E-state index contributed by atoms with van der Waals surface area (Å²) in [4.78, 5) is 0. The molecule has 0 radical (unpaired) electrons. The normalized spacial score (nSPS) is 47.5. The van der Waals surface area contributed by atoms with Crippen molar-refractivity contribution in [3.8, 4) is 0 Å². The summed E-state index contributed by atoms with van der Waals surface area (Å²) in [5.41, 5.74) is 3.84. The third kappa shape index (κ3) is 3.76. The molecule has 0 spiro atoms. The van der Waals surface area contributed by atoms with Crippen molar-refractivity contribution in [3.63, 3.8) is 0 Å². The zero-order valence-corrected chi connectivity index (χ0v) is 26.6. The van der Waals surface area contributed by atoms with Crippen LogP contribution in [0.1, 0.15) is 112 Å². The monoisotopic (exact) mass is 544 g/mol. The van der Waals surface area contributed by atoms with Gasteiger partial charge in [0.1, 0.15) is 6.61 Å². The zero-order chi connectivity index (χ0) is 28.7. The van der Waals surface area contributed by atoms with E-state index in [1.54, 1.807) is 5.57 Å². The number of aliphatic hydroxyl groups excluding tert-OH is 1. The van der Waals surface area contributed by atoms with Crippen LogP contribution in [-0.2, 0) is 11.3 Å². The summed E-state index contributed by atoms with van der Waals surface area (Å²) >= 11 is 0. The van der Waals surface area contributed by atoms with Gasteiger partial charge in [0, 0.05) is 5.41 Å². The molecule has 6 rings (SSSR count). The van der Waals surface area contributed by atoms with E-state index in [1.807, 2.05) is 0 Å². The van der Waals surface area contributed by atoms with E-state index in [4.69, 9.17) is 11.3 Å². The summed E-state index contributed by atoms with van der Waals surface area (Å²) in [6.07, 6.45) is 13.4. The Morgan fingerprint density at radius 1 is 0.900 bits per heavy atom. The number of allylic oxidation sites excluding steroid dienone is 3. The van der Waals surface area contributed by atoms with Crippen LogP contribution in [0.2, 0.25) is 0 Å². The molecule has 0 heterocycles. The summed E-state index contributed by atoms with van der Waals surface area (Å²) in [5, 5.41) is 11.0. The Kier molecular flexibility index (Phi) is 6.78. The highest BCUT2D eigenvalue weighted by Crippen LogP contribution is 2.76. The molecule has 0 aliphatic heterocycles. The van der Waals surface area contributed by atoms with E-state index in [1.165, 1.54) is 56.9 Å². The molecule has 1 aromatic rings. The van der Waals surface area contributed by atoms with Crippen LogP contribution < -0.4 is 0 Å². The Labute approximate surface area is 245 Å². The van der Waals surface area contributed by atoms with Gasteiger partial charge in [-0.1, -0.05) is 97.0 Å². The van der Waals surface area contributed by atoms with Crippen molar-refractivity contribution in [2.24, 2.45) is 56.7 Å². The maximum atomic E-state index is 11.0. The molecule has 0 aromatic heterocycles. The van der Waals surface area contributed by atoms with E-state index in [0.29, 0.717) is 41.1 Å². The first-order valence-electron chi connectivity index (χ1n) is 16.6. The van der Waals surface area contributed by atoms with Gasteiger partial charge in [-0.25, -0.2) is 0 Å². The third-order valence-corrected chi connectivity index (χ3v) is 14.8. The summed E-state index contributed by atoms with van der Waals surface area (Å²) < 4.78 is 6.63. The minimum absolute atomic E-state index is 0.00208. The zero-order valence-electron chi connectivity index (χ0n) is 26.6. The summed E-state index contributed by atoms with van der Waals surface area (Å²) in [6.45, 7) is 23.0. The van der Waals surface area contributed by atoms with E-state index in [-0.39, 0.29) is 22.3 Å². The molecule has 10 atom stereocenters. The Morgan fingerprint density at radius 3 is 2.35 bits per heavy atom. The lowest BCUT2D eigenvalue weighted by Gasteiger charge is -2.71.